The van der Waals surface area contributed by atoms with E-state index in [0.717, 1.165) is 5.75 Å². The summed E-state index contributed by atoms with van der Waals surface area (Å²) in [7, 11) is 0. The van der Waals surface area contributed by atoms with E-state index in [-0.39, 0.29) is 0 Å². The summed E-state index contributed by atoms with van der Waals surface area (Å²) in [5.41, 5.74) is 4.46. The van der Waals surface area contributed by atoms with E-state index in [0.29, 0.717) is 17.9 Å². The lowest BCUT2D eigenvalue weighted by Gasteiger charge is -2.15. The molecule has 0 amide bonds. The molecule has 104 valence electrons. The molecule has 0 heterocycles. The highest BCUT2D eigenvalue weighted by Gasteiger charge is 2.43. The Kier molecular flexibility index (Phi) is 4.41. The van der Waals surface area contributed by atoms with Crippen molar-refractivity contribution in [3.63, 3.8) is 0 Å². The van der Waals surface area contributed by atoms with Crippen LogP contribution in [0.5, 0.6) is 0 Å². The van der Waals surface area contributed by atoms with Gasteiger partial charge in [-0.05, 0) is 36.0 Å². The maximum absolute atomic E-state index is 5.75. The van der Waals surface area contributed by atoms with Crippen molar-refractivity contribution in [3.8, 4) is 0 Å². The molecule has 2 nitrogen and oxygen atoms in total. The Labute approximate surface area is 124 Å². The molecule has 1 aliphatic carbocycles. The quantitative estimate of drug-likeness (QED) is 0.485. The summed E-state index contributed by atoms with van der Waals surface area (Å²) in [5, 5.41) is 0. The number of benzene rings is 2. The van der Waals surface area contributed by atoms with E-state index in [9.17, 15) is 0 Å². The van der Waals surface area contributed by atoms with Crippen LogP contribution in [0, 0.1) is 5.92 Å². The average molecular weight is 284 g/mol. The summed E-state index contributed by atoms with van der Waals surface area (Å²) in [6, 6.07) is 21.7. The van der Waals surface area contributed by atoms with Crippen molar-refractivity contribution in [2.24, 2.45) is 11.8 Å². The fraction of sp³-hybridized carbons (Fsp3) is 0.294. The van der Waals surface area contributed by atoms with Gasteiger partial charge in [0, 0.05) is 16.7 Å². The van der Waals surface area contributed by atoms with Gasteiger partial charge in [0.1, 0.15) is 0 Å². The van der Waals surface area contributed by atoms with Gasteiger partial charge in [-0.25, -0.2) is 0 Å². The minimum absolute atomic E-state index is 0.380. The number of hydrazine groups is 1. The molecule has 0 spiro atoms. The van der Waals surface area contributed by atoms with Crippen molar-refractivity contribution in [1.82, 2.24) is 5.43 Å². The Bertz CT molecular complexity index is 529. The van der Waals surface area contributed by atoms with Crippen molar-refractivity contribution in [2.45, 2.75) is 23.3 Å². The van der Waals surface area contributed by atoms with Gasteiger partial charge >= 0.3 is 0 Å². The van der Waals surface area contributed by atoms with Gasteiger partial charge in [0.2, 0.25) is 0 Å². The van der Waals surface area contributed by atoms with Crippen LogP contribution in [0.2, 0.25) is 0 Å². The Balaban J connectivity index is 1.56. The van der Waals surface area contributed by atoms with Crippen LogP contribution in [0.3, 0.4) is 0 Å². The third-order valence-corrected chi connectivity index (χ3v) is 5.10. The molecule has 1 aliphatic rings. The lowest BCUT2D eigenvalue weighted by Crippen LogP contribution is -2.39. The predicted molar refractivity (Wildman–Crippen MR) is 85.6 cm³/mol. The molecule has 3 unspecified atom stereocenters. The third kappa shape index (κ3) is 3.23. The van der Waals surface area contributed by atoms with Gasteiger partial charge < -0.3 is 0 Å². The summed E-state index contributed by atoms with van der Waals surface area (Å²) in [5.74, 6) is 8.12. The summed E-state index contributed by atoms with van der Waals surface area (Å²) in [6.07, 6.45) is 1.24. The van der Waals surface area contributed by atoms with E-state index in [1.165, 1.54) is 16.9 Å². The molecule has 0 bridgehead atoms. The van der Waals surface area contributed by atoms with E-state index in [4.69, 9.17) is 5.84 Å². The van der Waals surface area contributed by atoms with E-state index < -0.39 is 0 Å². The first-order valence-electron chi connectivity index (χ1n) is 7.07. The molecular weight excluding hydrogens is 264 g/mol. The minimum Gasteiger partial charge on any atom is -0.271 e. The number of hydrogen-bond donors (Lipinski definition) is 2. The predicted octanol–water partition coefficient (Wildman–Crippen LogP) is 3.41. The Morgan fingerprint density at radius 3 is 2.35 bits per heavy atom. The molecule has 2 aromatic rings. The molecule has 0 aromatic heterocycles. The number of thioether (sulfide) groups is 1. The van der Waals surface area contributed by atoms with Crippen molar-refractivity contribution in [1.29, 1.82) is 0 Å². The first-order valence-corrected chi connectivity index (χ1v) is 8.06. The van der Waals surface area contributed by atoms with Crippen molar-refractivity contribution >= 4 is 11.8 Å². The fourth-order valence-corrected chi connectivity index (χ4v) is 3.81. The van der Waals surface area contributed by atoms with Crippen molar-refractivity contribution in [3.05, 3.63) is 66.2 Å². The smallest absolute Gasteiger partial charge is 0.0338 e. The summed E-state index contributed by atoms with van der Waals surface area (Å²) in [4.78, 5) is 1.31. The largest absolute Gasteiger partial charge is 0.271 e. The second-order valence-electron chi connectivity index (χ2n) is 5.31. The zero-order chi connectivity index (χ0) is 13.8. The third-order valence-electron chi connectivity index (χ3n) is 3.97. The standard InChI is InChI=1S/C17H20N2S/c18-19-17(12-20-14-9-5-2-6-10-14)16-11-15(16)13-7-3-1-4-8-13/h1-10,15-17,19H,11-12,18H2. The summed E-state index contributed by atoms with van der Waals surface area (Å²) >= 11 is 1.88. The van der Waals surface area contributed by atoms with E-state index >= 15 is 0 Å². The summed E-state index contributed by atoms with van der Waals surface area (Å²) < 4.78 is 0. The van der Waals surface area contributed by atoms with E-state index in [2.05, 4.69) is 66.1 Å². The van der Waals surface area contributed by atoms with Gasteiger partial charge in [0.05, 0.1) is 0 Å². The normalized spacial score (nSPS) is 22.4. The van der Waals surface area contributed by atoms with Gasteiger partial charge in [-0.2, -0.15) is 0 Å². The molecule has 20 heavy (non-hydrogen) atoms. The maximum atomic E-state index is 5.75. The Hall–Kier alpha value is -1.29. The summed E-state index contributed by atoms with van der Waals surface area (Å²) in [6.45, 7) is 0. The van der Waals surface area contributed by atoms with Crippen LogP contribution in [0.15, 0.2) is 65.6 Å². The zero-order valence-corrected chi connectivity index (χ0v) is 12.2. The molecule has 1 saturated carbocycles. The maximum Gasteiger partial charge on any atom is 0.0338 e. The molecule has 0 radical (unpaired) electrons. The minimum atomic E-state index is 0.380. The Morgan fingerprint density at radius 2 is 1.70 bits per heavy atom. The second kappa shape index (κ2) is 6.44. The van der Waals surface area contributed by atoms with Crippen LogP contribution < -0.4 is 11.3 Å². The second-order valence-corrected chi connectivity index (χ2v) is 6.41. The van der Waals surface area contributed by atoms with Crippen LogP contribution in [0.1, 0.15) is 17.9 Å². The van der Waals surface area contributed by atoms with E-state index in [1.807, 2.05) is 11.8 Å². The number of nitrogens with two attached hydrogens (primary N) is 1. The molecule has 3 heteroatoms. The highest BCUT2D eigenvalue weighted by Crippen LogP contribution is 2.50. The number of hydrogen-bond acceptors (Lipinski definition) is 3. The highest BCUT2D eigenvalue weighted by molar-refractivity contribution is 7.99. The molecule has 1 fully saturated rings. The first kappa shape index (κ1) is 13.7. The lowest BCUT2D eigenvalue weighted by atomic mass is 10.1. The number of rotatable bonds is 6. The molecular formula is C17H20N2S. The van der Waals surface area contributed by atoms with Gasteiger partial charge in [-0.3, -0.25) is 11.3 Å². The first-order chi connectivity index (χ1) is 9.88. The SMILES string of the molecule is NNC(CSc1ccccc1)C1CC1c1ccccc1. The van der Waals surface area contributed by atoms with Crippen LogP contribution in [0.25, 0.3) is 0 Å². The monoisotopic (exact) mass is 284 g/mol. The van der Waals surface area contributed by atoms with Crippen molar-refractivity contribution in [2.75, 3.05) is 5.75 Å². The topological polar surface area (TPSA) is 38.0 Å². The number of nitrogens with one attached hydrogen (secondary N) is 1. The average Bonchev–Trinajstić information content (AvgIpc) is 3.30. The molecule has 3 rings (SSSR count). The Morgan fingerprint density at radius 1 is 1.05 bits per heavy atom. The van der Waals surface area contributed by atoms with E-state index in [1.54, 1.807) is 0 Å². The molecule has 3 N–H and O–H groups in total. The van der Waals surface area contributed by atoms with Crippen LogP contribution in [-0.4, -0.2) is 11.8 Å². The van der Waals surface area contributed by atoms with Gasteiger partial charge in [-0.1, -0.05) is 48.5 Å². The molecule has 3 atom stereocenters. The van der Waals surface area contributed by atoms with Gasteiger partial charge in [0.15, 0.2) is 0 Å². The van der Waals surface area contributed by atoms with Crippen LogP contribution >= 0.6 is 11.8 Å². The molecule has 2 aromatic carbocycles. The van der Waals surface area contributed by atoms with Crippen molar-refractivity contribution < 1.29 is 0 Å². The highest BCUT2D eigenvalue weighted by atomic mass is 32.2. The fourth-order valence-electron chi connectivity index (χ4n) is 2.74. The van der Waals surface area contributed by atoms with Gasteiger partial charge in [0.25, 0.3) is 0 Å². The van der Waals surface area contributed by atoms with Crippen LogP contribution in [0.4, 0.5) is 0 Å². The van der Waals surface area contributed by atoms with Gasteiger partial charge in [-0.15, -0.1) is 11.8 Å². The molecule has 0 aliphatic heterocycles. The van der Waals surface area contributed by atoms with Crippen LogP contribution in [-0.2, 0) is 0 Å². The zero-order valence-electron chi connectivity index (χ0n) is 11.4. The molecule has 0 saturated heterocycles. The lowest BCUT2D eigenvalue weighted by molar-refractivity contribution is 0.511.